The van der Waals surface area contributed by atoms with E-state index >= 15 is 0 Å². The van der Waals surface area contributed by atoms with E-state index in [0.717, 1.165) is 35.0 Å². The summed E-state index contributed by atoms with van der Waals surface area (Å²) in [5.74, 6) is 3.55. The van der Waals surface area contributed by atoms with Crippen molar-refractivity contribution in [2.24, 2.45) is 0 Å². The van der Waals surface area contributed by atoms with Crippen molar-refractivity contribution >= 4 is 17.6 Å². The fourth-order valence-corrected chi connectivity index (χ4v) is 2.60. The van der Waals surface area contributed by atoms with E-state index in [1.807, 2.05) is 25.7 Å². The van der Waals surface area contributed by atoms with E-state index in [1.54, 1.807) is 0 Å². The predicted octanol–water partition coefficient (Wildman–Crippen LogP) is 1.13. The molecule has 0 amide bonds. The van der Waals surface area contributed by atoms with Gasteiger partial charge in [0.05, 0.1) is 11.7 Å². The molecule has 0 saturated carbocycles. The lowest BCUT2D eigenvalue weighted by molar-refractivity contribution is 0.606. The third-order valence-electron chi connectivity index (χ3n) is 2.69. The van der Waals surface area contributed by atoms with Gasteiger partial charge in [-0.05, 0) is 26.1 Å². The minimum Gasteiger partial charge on any atom is -0.383 e. The van der Waals surface area contributed by atoms with Gasteiger partial charge in [0.15, 0.2) is 0 Å². The third-order valence-corrected chi connectivity index (χ3v) is 3.68. The van der Waals surface area contributed by atoms with Crippen molar-refractivity contribution in [1.82, 2.24) is 15.3 Å². The van der Waals surface area contributed by atoms with Crippen LogP contribution in [0.4, 0.5) is 5.82 Å². The summed E-state index contributed by atoms with van der Waals surface area (Å²) in [7, 11) is 1.90. The highest BCUT2D eigenvalue weighted by atomic mass is 32.2. The summed E-state index contributed by atoms with van der Waals surface area (Å²) in [5.41, 5.74) is 8.22. The number of anilines is 1. The third kappa shape index (κ3) is 2.08. The van der Waals surface area contributed by atoms with Crippen molar-refractivity contribution in [3.63, 3.8) is 0 Å². The average molecular weight is 224 g/mol. The van der Waals surface area contributed by atoms with Gasteiger partial charge in [-0.1, -0.05) is 0 Å². The Bertz CT molecular complexity index is 367. The van der Waals surface area contributed by atoms with Crippen LogP contribution in [0.3, 0.4) is 0 Å². The van der Waals surface area contributed by atoms with Gasteiger partial charge in [0, 0.05) is 11.3 Å². The van der Waals surface area contributed by atoms with Crippen molar-refractivity contribution in [3.8, 4) is 0 Å². The fraction of sp³-hybridized carbons (Fsp3) is 0.600. The second-order valence-corrected chi connectivity index (χ2v) is 4.81. The summed E-state index contributed by atoms with van der Waals surface area (Å²) < 4.78 is 0. The molecule has 4 nitrogen and oxygen atoms in total. The Kier molecular flexibility index (Phi) is 3.11. The molecule has 1 unspecified atom stereocenters. The number of aromatic nitrogens is 2. The molecule has 0 saturated heterocycles. The Balaban J connectivity index is 2.40. The Hall–Kier alpha value is -0.810. The molecule has 15 heavy (non-hydrogen) atoms. The van der Waals surface area contributed by atoms with Gasteiger partial charge in [0.1, 0.15) is 11.6 Å². The first-order valence-corrected chi connectivity index (χ1v) is 6.28. The minimum absolute atomic E-state index is 0.159. The quantitative estimate of drug-likeness (QED) is 0.788. The summed E-state index contributed by atoms with van der Waals surface area (Å²) in [6.07, 6.45) is 1.01. The summed E-state index contributed by atoms with van der Waals surface area (Å²) in [5, 5.41) is 3.13. The zero-order chi connectivity index (χ0) is 10.8. The maximum absolute atomic E-state index is 5.94. The van der Waals surface area contributed by atoms with E-state index in [9.17, 15) is 0 Å². The van der Waals surface area contributed by atoms with Crippen LogP contribution in [0.2, 0.25) is 0 Å². The van der Waals surface area contributed by atoms with Crippen LogP contribution in [-0.2, 0) is 12.2 Å². The Morgan fingerprint density at radius 2 is 2.27 bits per heavy atom. The summed E-state index contributed by atoms with van der Waals surface area (Å²) >= 11 is 1.90. The molecule has 2 heterocycles. The van der Waals surface area contributed by atoms with E-state index in [4.69, 9.17) is 5.73 Å². The average Bonchev–Trinajstić information content (AvgIpc) is 2.28. The van der Waals surface area contributed by atoms with Crippen molar-refractivity contribution in [3.05, 3.63) is 17.1 Å². The number of nitrogens with zero attached hydrogens (tertiary/aromatic N) is 2. The molecule has 82 valence electrons. The highest BCUT2D eigenvalue weighted by Crippen LogP contribution is 2.27. The monoisotopic (exact) mass is 224 g/mol. The predicted molar refractivity (Wildman–Crippen MR) is 63.8 cm³/mol. The van der Waals surface area contributed by atoms with Gasteiger partial charge in [-0.3, -0.25) is 0 Å². The molecule has 1 aromatic rings. The van der Waals surface area contributed by atoms with Gasteiger partial charge in [0.2, 0.25) is 0 Å². The van der Waals surface area contributed by atoms with Crippen LogP contribution in [0, 0.1) is 0 Å². The number of nitrogen functional groups attached to an aromatic ring is 1. The number of fused-ring (bicyclic) bond motifs is 1. The molecule has 0 bridgehead atoms. The van der Waals surface area contributed by atoms with Crippen LogP contribution >= 0.6 is 11.8 Å². The second kappa shape index (κ2) is 4.37. The molecule has 3 N–H and O–H groups in total. The van der Waals surface area contributed by atoms with Crippen LogP contribution in [-0.4, -0.2) is 22.8 Å². The number of rotatable bonds is 2. The van der Waals surface area contributed by atoms with Crippen molar-refractivity contribution in [2.45, 2.75) is 25.1 Å². The number of hydrogen-bond acceptors (Lipinski definition) is 5. The smallest absolute Gasteiger partial charge is 0.147 e. The van der Waals surface area contributed by atoms with Gasteiger partial charge < -0.3 is 11.1 Å². The lowest BCUT2D eigenvalue weighted by Crippen LogP contribution is -2.20. The first kappa shape index (κ1) is 10.7. The van der Waals surface area contributed by atoms with Crippen LogP contribution in [0.5, 0.6) is 0 Å². The number of aryl methyl sites for hydroxylation is 1. The van der Waals surface area contributed by atoms with E-state index in [-0.39, 0.29) is 6.04 Å². The number of nitrogens with one attached hydrogen (secondary N) is 1. The molecule has 0 aromatic carbocycles. The SMILES string of the molecule is CNC(C)c1nc(N)c2c(n1)CCSC2. The first-order chi connectivity index (χ1) is 7.22. The molecule has 1 aliphatic heterocycles. The molecule has 0 spiro atoms. The van der Waals surface area contributed by atoms with E-state index in [0.29, 0.717) is 5.82 Å². The molecule has 0 aliphatic carbocycles. The zero-order valence-corrected chi connectivity index (χ0v) is 9.90. The molecule has 1 atom stereocenters. The fourth-order valence-electron chi connectivity index (χ4n) is 1.60. The van der Waals surface area contributed by atoms with Crippen LogP contribution in [0.15, 0.2) is 0 Å². The van der Waals surface area contributed by atoms with Crippen molar-refractivity contribution in [2.75, 3.05) is 18.5 Å². The van der Waals surface area contributed by atoms with Gasteiger partial charge in [-0.15, -0.1) is 0 Å². The van der Waals surface area contributed by atoms with Gasteiger partial charge in [0.25, 0.3) is 0 Å². The number of thioether (sulfide) groups is 1. The maximum Gasteiger partial charge on any atom is 0.147 e. The number of hydrogen-bond donors (Lipinski definition) is 2. The van der Waals surface area contributed by atoms with Gasteiger partial charge >= 0.3 is 0 Å². The first-order valence-electron chi connectivity index (χ1n) is 5.12. The number of nitrogens with two attached hydrogens (primary N) is 1. The second-order valence-electron chi connectivity index (χ2n) is 3.71. The van der Waals surface area contributed by atoms with Crippen molar-refractivity contribution in [1.29, 1.82) is 0 Å². The van der Waals surface area contributed by atoms with Crippen LogP contribution < -0.4 is 11.1 Å². The molecule has 5 heteroatoms. The molecule has 1 aliphatic rings. The Morgan fingerprint density at radius 3 is 3.00 bits per heavy atom. The topological polar surface area (TPSA) is 63.8 Å². The molecular formula is C10H16N4S. The summed E-state index contributed by atoms with van der Waals surface area (Å²) in [6.45, 7) is 2.04. The van der Waals surface area contributed by atoms with Crippen molar-refractivity contribution < 1.29 is 0 Å². The largest absolute Gasteiger partial charge is 0.383 e. The van der Waals surface area contributed by atoms with Crippen LogP contribution in [0.1, 0.15) is 30.0 Å². The summed E-state index contributed by atoms with van der Waals surface area (Å²) in [4.78, 5) is 8.93. The van der Waals surface area contributed by atoms with Crippen LogP contribution in [0.25, 0.3) is 0 Å². The molecule has 0 radical (unpaired) electrons. The summed E-state index contributed by atoms with van der Waals surface area (Å²) in [6, 6.07) is 0.159. The highest BCUT2D eigenvalue weighted by Gasteiger charge is 2.18. The molecule has 0 fully saturated rings. The molecular weight excluding hydrogens is 208 g/mol. The minimum atomic E-state index is 0.159. The highest BCUT2D eigenvalue weighted by molar-refractivity contribution is 7.98. The Labute approximate surface area is 94.1 Å². The van der Waals surface area contributed by atoms with E-state index in [1.165, 1.54) is 0 Å². The lowest BCUT2D eigenvalue weighted by atomic mass is 10.1. The normalized spacial score (nSPS) is 17.2. The molecule has 1 aromatic heterocycles. The lowest BCUT2D eigenvalue weighted by Gasteiger charge is -2.18. The van der Waals surface area contributed by atoms with Gasteiger partial charge in [-0.25, -0.2) is 9.97 Å². The molecule has 2 rings (SSSR count). The maximum atomic E-state index is 5.94. The zero-order valence-electron chi connectivity index (χ0n) is 9.08. The van der Waals surface area contributed by atoms with E-state index < -0.39 is 0 Å². The Morgan fingerprint density at radius 1 is 1.47 bits per heavy atom. The standard InChI is InChI=1S/C10H16N4S/c1-6(12-2)10-13-8-3-4-15-5-7(8)9(11)14-10/h6,12H,3-5H2,1-2H3,(H2,11,13,14). The van der Waals surface area contributed by atoms with Gasteiger partial charge in [-0.2, -0.15) is 11.8 Å². The van der Waals surface area contributed by atoms with E-state index in [2.05, 4.69) is 15.3 Å².